The number of likely N-dealkylation sites (N-methyl/N-ethyl adjacent to an activating group) is 1. The summed E-state index contributed by atoms with van der Waals surface area (Å²) in [6.07, 6.45) is 4.65. The van der Waals surface area contributed by atoms with E-state index in [1.165, 1.54) is 7.05 Å². The Labute approximate surface area is 109 Å². The molecule has 8 heteroatoms. The van der Waals surface area contributed by atoms with E-state index in [1.807, 2.05) is 0 Å². The van der Waals surface area contributed by atoms with E-state index in [0.717, 1.165) is 4.90 Å². The molecule has 8 nitrogen and oxygen atoms in total. The first kappa shape index (κ1) is 14.5. The fourth-order valence-electron chi connectivity index (χ4n) is 1.54. The van der Waals surface area contributed by atoms with Crippen molar-refractivity contribution in [3.8, 4) is 12.3 Å². The number of hydrogen-bond donors (Lipinski definition) is 3. The molecule has 19 heavy (non-hydrogen) atoms. The molecule has 1 aliphatic heterocycles. The maximum atomic E-state index is 11.5. The number of rotatable bonds is 4. The third kappa shape index (κ3) is 3.45. The van der Waals surface area contributed by atoms with Gasteiger partial charge in [-0.3, -0.25) is 14.5 Å². The van der Waals surface area contributed by atoms with Crippen LogP contribution in [0, 0.1) is 12.3 Å². The molecule has 0 bridgehead atoms. The van der Waals surface area contributed by atoms with E-state index in [4.69, 9.17) is 11.5 Å². The standard InChI is InChI=1S/C11H13N3O5/c1-3-4-6(10(17)18)12-11(19)13-7-5-8(15)14(2)9(7)16/h1,6-7H,4-5H2,2H3,(H,17,18)(H2,12,13,19). The van der Waals surface area contributed by atoms with Crippen molar-refractivity contribution in [1.29, 1.82) is 0 Å². The number of urea groups is 1. The number of terminal acetylenes is 1. The summed E-state index contributed by atoms with van der Waals surface area (Å²) in [6.45, 7) is 0. The number of hydrogen-bond acceptors (Lipinski definition) is 4. The Morgan fingerprint density at radius 1 is 1.58 bits per heavy atom. The molecule has 0 spiro atoms. The van der Waals surface area contributed by atoms with Gasteiger partial charge in [-0.15, -0.1) is 12.3 Å². The van der Waals surface area contributed by atoms with Gasteiger partial charge in [0.25, 0.3) is 5.91 Å². The quantitative estimate of drug-likeness (QED) is 0.424. The van der Waals surface area contributed by atoms with E-state index < -0.39 is 35.9 Å². The molecule has 1 rings (SSSR count). The van der Waals surface area contributed by atoms with Gasteiger partial charge < -0.3 is 15.7 Å². The lowest BCUT2D eigenvalue weighted by Gasteiger charge is -2.15. The van der Waals surface area contributed by atoms with Crippen molar-refractivity contribution in [2.45, 2.75) is 24.9 Å². The second-order valence-corrected chi connectivity index (χ2v) is 3.96. The van der Waals surface area contributed by atoms with Crippen molar-refractivity contribution >= 4 is 23.8 Å². The van der Waals surface area contributed by atoms with Crippen molar-refractivity contribution in [2.24, 2.45) is 0 Å². The first-order chi connectivity index (χ1) is 8.86. The Bertz CT molecular complexity index is 467. The van der Waals surface area contributed by atoms with E-state index in [2.05, 4.69) is 16.6 Å². The van der Waals surface area contributed by atoms with Crippen LogP contribution in [-0.2, 0) is 14.4 Å². The van der Waals surface area contributed by atoms with Crippen molar-refractivity contribution in [3.63, 3.8) is 0 Å². The molecule has 1 aliphatic rings. The third-order valence-electron chi connectivity index (χ3n) is 2.61. The number of nitrogens with one attached hydrogen (secondary N) is 2. The van der Waals surface area contributed by atoms with Crippen LogP contribution in [0.25, 0.3) is 0 Å². The fraction of sp³-hybridized carbons (Fsp3) is 0.455. The number of carboxylic acids is 1. The highest BCUT2D eigenvalue weighted by atomic mass is 16.4. The van der Waals surface area contributed by atoms with Crippen LogP contribution in [0.4, 0.5) is 4.79 Å². The van der Waals surface area contributed by atoms with Gasteiger partial charge in [-0.1, -0.05) is 0 Å². The number of nitrogens with zero attached hydrogens (tertiary/aromatic N) is 1. The van der Waals surface area contributed by atoms with E-state index in [-0.39, 0.29) is 12.8 Å². The molecule has 2 unspecified atom stereocenters. The summed E-state index contributed by atoms with van der Waals surface area (Å²) in [6, 6.07) is -3.07. The smallest absolute Gasteiger partial charge is 0.327 e. The van der Waals surface area contributed by atoms with E-state index in [1.54, 1.807) is 0 Å². The summed E-state index contributed by atoms with van der Waals surface area (Å²) in [7, 11) is 1.31. The number of amides is 4. The number of aliphatic carboxylic acids is 1. The van der Waals surface area contributed by atoms with Crippen LogP contribution in [0.3, 0.4) is 0 Å². The van der Waals surface area contributed by atoms with Gasteiger partial charge in [0.2, 0.25) is 5.91 Å². The lowest BCUT2D eigenvalue weighted by Crippen LogP contribution is -2.50. The number of carboxylic acid groups (broad SMARTS) is 1. The Morgan fingerprint density at radius 2 is 2.21 bits per heavy atom. The predicted octanol–water partition coefficient (Wildman–Crippen LogP) is -1.48. The minimum atomic E-state index is -1.28. The van der Waals surface area contributed by atoms with Crippen molar-refractivity contribution < 1.29 is 24.3 Å². The van der Waals surface area contributed by atoms with Crippen LogP contribution in [0.15, 0.2) is 0 Å². The van der Waals surface area contributed by atoms with Crippen molar-refractivity contribution in [2.75, 3.05) is 7.05 Å². The molecule has 0 aliphatic carbocycles. The van der Waals surface area contributed by atoms with Crippen LogP contribution in [0.5, 0.6) is 0 Å². The molecule has 0 aromatic heterocycles. The molecule has 3 N–H and O–H groups in total. The van der Waals surface area contributed by atoms with Gasteiger partial charge in [0, 0.05) is 13.5 Å². The molecular weight excluding hydrogens is 254 g/mol. The molecule has 1 heterocycles. The zero-order chi connectivity index (χ0) is 14.6. The highest BCUT2D eigenvalue weighted by molar-refractivity contribution is 6.06. The lowest BCUT2D eigenvalue weighted by molar-refractivity contribution is -0.139. The molecule has 2 atom stereocenters. The molecule has 0 saturated carbocycles. The number of imide groups is 1. The van der Waals surface area contributed by atoms with Crippen LogP contribution in [-0.4, -0.2) is 53.0 Å². The third-order valence-corrected chi connectivity index (χ3v) is 2.61. The SMILES string of the molecule is C#CCC(NC(=O)NC1CC(=O)N(C)C1=O)C(=O)O. The van der Waals surface area contributed by atoms with Crippen LogP contribution >= 0.6 is 0 Å². The van der Waals surface area contributed by atoms with E-state index in [9.17, 15) is 19.2 Å². The van der Waals surface area contributed by atoms with Crippen molar-refractivity contribution in [1.82, 2.24) is 15.5 Å². The Morgan fingerprint density at radius 3 is 2.63 bits per heavy atom. The summed E-state index contributed by atoms with van der Waals surface area (Å²) in [5, 5.41) is 13.1. The molecule has 1 saturated heterocycles. The van der Waals surface area contributed by atoms with Crippen LogP contribution < -0.4 is 10.6 Å². The number of carbonyl (C=O) groups excluding carboxylic acids is 3. The molecule has 0 radical (unpaired) electrons. The highest BCUT2D eigenvalue weighted by Gasteiger charge is 2.37. The normalized spacial score (nSPS) is 19.8. The number of likely N-dealkylation sites (tertiary alicyclic amines) is 1. The Balaban J connectivity index is 2.57. The number of carbonyl (C=O) groups is 4. The minimum absolute atomic E-state index is 0.143. The monoisotopic (exact) mass is 267 g/mol. The van der Waals surface area contributed by atoms with Gasteiger partial charge in [-0.25, -0.2) is 9.59 Å². The molecule has 0 aromatic rings. The maximum absolute atomic E-state index is 11.5. The average Bonchev–Trinajstić information content (AvgIpc) is 2.56. The molecule has 0 aromatic carbocycles. The summed E-state index contributed by atoms with van der Waals surface area (Å²) >= 11 is 0. The predicted molar refractivity (Wildman–Crippen MR) is 62.7 cm³/mol. The van der Waals surface area contributed by atoms with Gasteiger partial charge in [0.15, 0.2) is 0 Å². The zero-order valence-corrected chi connectivity index (χ0v) is 10.2. The Kier molecular flexibility index (Phi) is 4.47. The van der Waals surface area contributed by atoms with Gasteiger partial charge in [0.05, 0.1) is 6.42 Å². The lowest BCUT2D eigenvalue weighted by atomic mass is 10.2. The fourth-order valence-corrected chi connectivity index (χ4v) is 1.54. The molecular formula is C11H13N3O5. The molecule has 1 fully saturated rings. The average molecular weight is 267 g/mol. The maximum Gasteiger partial charge on any atom is 0.327 e. The Hall–Kier alpha value is -2.56. The van der Waals surface area contributed by atoms with Crippen molar-refractivity contribution in [3.05, 3.63) is 0 Å². The van der Waals surface area contributed by atoms with Gasteiger partial charge in [0.1, 0.15) is 12.1 Å². The van der Waals surface area contributed by atoms with Crippen LogP contribution in [0.1, 0.15) is 12.8 Å². The first-order valence-electron chi connectivity index (χ1n) is 5.40. The summed E-state index contributed by atoms with van der Waals surface area (Å²) in [5.74, 6) is -0.107. The molecule has 4 amide bonds. The van der Waals surface area contributed by atoms with Gasteiger partial charge in [-0.2, -0.15) is 0 Å². The van der Waals surface area contributed by atoms with E-state index in [0.29, 0.717) is 0 Å². The minimum Gasteiger partial charge on any atom is -0.480 e. The van der Waals surface area contributed by atoms with Gasteiger partial charge in [-0.05, 0) is 0 Å². The second-order valence-electron chi connectivity index (χ2n) is 3.96. The summed E-state index contributed by atoms with van der Waals surface area (Å²) in [4.78, 5) is 45.9. The van der Waals surface area contributed by atoms with E-state index >= 15 is 0 Å². The first-order valence-corrected chi connectivity index (χ1v) is 5.40. The topological polar surface area (TPSA) is 116 Å². The summed E-state index contributed by atoms with van der Waals surface area (Å²) < 4.78 is 0. The largest absolute Gasteiger partial charge is 0.480 e. The van der Waals surface area contributed by atoms with Crippen LogP contribution in [0.2, 0.25) is 0 Å². The van der Waals surface area contributed by atoms with Gasteiger partial charge >= 0.3 is 12.0 Å². The summed E-state index contributed by atoms with van der Waals surface area (Å²) in [5.41, 5.74) is 0. The zero-order valence-electron chi connectivity index (χ0n) is 10.2. The highest BCUT2D eigenvalue weighted by Crippen LogP contribution is 2.10. The second kappa shape index (κ2) is 5.86. The molecule has 102 valence electrons.